The summed E-state index contributed by atoms with van der Waals surface area (Å²) >= 11 is 3.25. The number of nitro groups is 1. The third-order valence-electron chi connectivity index (χ3n) is 3.64. The molecule has 0 aliphatic carbocycles. The van der Waals surface area contributed by atoms with Gasteiger partial charge in [-0.25, -0.2) is 4.98 Å². The van der Waals surface area contributed by atoms with Crippen LogP contribution < -0.4 is 10.2 Å². The molecule has 1 N–H and O–H groups in total. The van der Waals surface area contributed by atoms with Crippen molar-refractivity contribution < 1.29 is 4.92 Å². The van der Waals surface area contributed by atoms with Crippen molar-refractivity contribution in [2.24, 2.45) is 0 Å². The van der Waals surface area contributed by atoms with Crippen LogP contribution in [0.1, 0.15) is 25.7 Å². The van der Waals surface area contributed by atoms with Gasteiger partial charge in [-0.3, -0.25) is 10.1 Å². The molecule has 1 aromatic rings. The Kier molecular flexibility index (Phi) is 5.31. The molecule has 0 amide bonds. The molecule has 1 fully saturated rings. The van der Waals surface area contributed by atoms with Crippen LogP contribution in [0.3, 0.4) is 0 Å². The fourth-order valence-corrected chi connectivity index (χ4v) is 2.99. The lowest BCUT2D eigenvalue weighted by Gasteiger charge is -2.36. The summed E-state index contributed by atoms with van der Waals surface area (Å²) in [6.07, 6.45) is 5.91. The van der Waals surface area contributed by atoms with Crippen molar-refractivity contribution in [1.82, 2.24) is 10.3 Å². The first-order valence-corrected chi connectivity index (χ1v) is 7.64. The Morgan fingerprint density at radius 2 is 2.40 bits per heavy atom. The number of nitrogens with one attached hydrogen (secondary N) is 1. The first-order chi connectivity index (χ1) is 9.63. The van der Waals surface area contributed by atoms with Gasteiger partial charge < -0.3 is 10.2 Å². The lowest BCUT2D eigenvalue weighted by Crippen LogP contribution is -2.41. The van der Waals surface area contributed by atoms with Crippen LogP contribution in [-0.2, 0) is 0 Å². The maximum Gasteiger partial charge on any atom is 0.312 e. The second-order valence-electron chi connectivity index (χ2n) is 4.99. The fraction of sp³-hybridized carbons (Fsp3) is 0.615. The highest BCUT2D eigenvalue weighted by Crippen LogP contribution is 2.33. The van der Waals surface area contributed by atoms with Gasteiger partial charge in [0, 0.05) is 29.3 Å². The van der Waals surface area contributed by atoms with Crippen molar-refractivity contribution in [2.75, 3.05) is 25.0 Å². The Balaban J connectivity index is 2.29. The van der Waals surface area contributed by atoms with E-state index in [1.165, 1.54) is 12.5 Å². The molecule has 1 saturated heterocycles. The zero-order chi connectivity index (χ0) is 14.5. The molecule has 0 saturated carbocycles. The minimum absolute atomic E-state index is 0.0794. The first kappa shape index (κ1) is 15.2. The van der Waals surface area contributed by atoms with Gasteiger partial charge in [-0.2, -0.15) is 0 Å². The number of rotatable bonds is 5. The quantitative estimate of drug-likeness (QED) is 0.657. The molecule has 2 rings (SSSR count). The molecule has 1 aliphatic heterocycles. The van der Waals surface area contributed by atoms with Crippen LogP contribution in [0.2, 0.25) is 0 Å². The lowest BCUT2D eigenvalue weighted by molar-refractivity contribution is -0.384. The first-order valence-electron chi connectivity index (χ1n) is 6.84. The summed E-state index contributed by atoms with van der Waals surface area (Å²) in [5.74, 6) is 0.499. The molecule has 110 valence electrons. The van der Waals surface area contributed by atoms with Crippen LogP contribution in [0.5, 0.6) is 0 Å². The minimum Gasteiger partial charge on any atom is -0.348 e. The van der Waals surface area contributed by atoms with Crippen LogP contribution in [0.25, 0.3) is 0 Å². The third kappa shape index (κ3) is 3.46. The maximum atomic E-state index is 11.2. The third-order valence-corrected chi connectivity index (χ3v) is 4.07. The van der Waals surface area contributed by atoms with Crippen molar-refractivity contribution in [3.05, 3.63) is 26.9 Å². The molecule has 6 nitrogen and oxygen atoms in total. The number of hydrogen-bond acceptors (Lipinski definition) is 5. The smallest absolute Gasteiger partial charge is 0.312 e. The largest absolute Gasteiger partial charge is 0.348 e. The van der Waals surface area contributed by atoms with Crippen LogP contribution in [0.4, 0.5) is 11.5 Å². The lowest BCUT2D eigenvalue weighted by atomic mass is 9.99. The summed E-state index contributed by atoms with van der Waals surface area (Å²) in [6.45, 7) is 1.75. The number of hydrogen-bond donors (Lipinski definition) is 1. The summed E-state index contributed by atoms with van der Waals surface area (Å²) in [5, 5.41) is 14.4. The van der Waals surface area contributed by atoms with E-state index in [0.29, 0.717) is 16.3 Å². The van der Waals surface area contributed by atoms with Crippen molar-refractivity contribution in [1.29, 1.82) is 0 Å². The molecule has 1 aromatic heterocycles. The molecule has 0 radical (unpaired) electrons. The number of anilines is 1. The van der Waals surface area contributed by atoms with E-state index in [4.69, 9.17) is 0 Å². The topological polar surface area (TPSA) is 71.3 Å². The Hall–Kier alpha value is -1.21. The minimum atomic E-state index is -0.350. The van der Waals surface area contributed by atoms with Crippen LogP contribution in [0, 0.1) is 10.1 Å². The summed E-state index contributed by atoms with van der Waals surface area (Å²) in [7, 11) is 1.92. The van der Waals surface area contributed by atoms with Gasteiger partial charge in [-0.05, 0) is 55.2 Å². The highest BCUT2D eigenvalue weighted by Gasteiger charge is 2.29. The van der Waals surface area contributed by atoms with Gasteiger partial charge in [0.05, 0.1) is 4.92 Å². The number of aromatic nitrogens is 1. The molecule has 0 bridgehead atoms. The summed E-state index contributed by atoms with van der Waals surface area (Å²) < 4.78 is 0.636. The average molecular weight is 343 g/mol. The van der Waals surface area contributed by atoms with Crippen molar-refractivity contribution >= 4 is 27.4 Å². The van der Waals surface area contributed by atoms with Gasteiger partial charge >= 0.3 is 5.69 Å². The van der Waals surface area contributed by atoms with E-state index in [-0.39, 0.29) is 10.6 Å². The molecular weight excluding hydrogens is 324 g/mol. The molecule has 1 aliphatic rings. The molecule has 1 atom stereocenters. The fourth-order valence-electron chi connectivity index (χ4n) is 2.67. The zero-order valence-corrected chi connectivity index (χ0v) is 13.1. The van der Waals surface area contributed by atoms with Gasteiger partial charge in [0.1, 0.15) is 0 Å². The standard InChI is InChI=1S/C13H19BrN4O2/c1-15-6-5-11-4-2-3-7-17(11)13-12(18(19)20)8-10(14)9-16-13/h8-9,11,15H,2-7H2,1H3. The molecule has 1 unspecified atom stereocenters. The Bertz CT molecular complexity index is 483. The number of pyridine rings is 1. The molecule has 0 spiro atoms. The van der Waals surface area contributed by atoms with Crippen molar-refractivity contribution in [2.45, 2.75) is 31.7 Å². The average Bonchev–Trinajstić information content (AvgIpc) is 2.45. The number of piperidine rings is 1. The molecule has 0 aromatic carbocycles. The number of halogens is 1. The zero-order valence-electron chi connectivity index (χ0n) is 11.5. The molecular formula is C13H19BrN4O2. The Morgan fingerprint density at radius 3 is 3.10 bits per heavy atom. The van der Waals surface area contributed by atoms with Gasteiger partial charge in [0.2, 0.25) is 5.82 Å². The van der Waals surface area contributed by atoms with E-state index < -0.39 is 0 Å². The van der Waals surface area contributed by atoms with E-state index in [0.717, 1.165) is 32.4 Å². The van der Waals surface area contributed by atoms with Crippen molar-refractivity contribution in [3.63, 3.8) is 0 Å². The molecule has 7 heteroatoms. The van der Waals surface area contributed by atoms with E-state index in [1.54, 1.807) is 6.20 Å². The van der Waals surface area contributed by atoms with E-state index in [1.807, 2.05) is 7.05 Å². The van der Waals surface area contributed by atoms with Gasteiger partial charge in [0.15, 0.2) is 0 Å². The van der Waals surface area contributed by atoms with Gasteiger partial charge in [0.25, 0.3) is 0 Å². The van der Waals surface area contributed by atoms with Crippen molar-refractivity contribution in [3.8, 4) is 0 Å². The Morgan fingerprint density at radius 1 is 1.60 bits per heavy atom. The summed E-state index contributed by atoms with van der Waals surface area (Å²) in [5.41, 5.74) is 0.0794. The normalized spacial score (nSPS) is 19.1. The van der Waals surface area contributed by atoms with E-state index in [2.05, 4.69) is 31.1 Å². The maximum absolute atomic E-state index is 11.2. The predicted molar refractivity (Wildman–Crippen MR) is 82.1 cm³/mol. The number of nitrogens with zero attached hydrogens (tertiary/aromatic N) is 3. The molecule has 2 heterocycles. The predicted octanol–water partition coefficient (Wildman–Crippen LogP) is 2.72. The second kappa shape index (κ2) is 6.99. The van der Waals surface area contributed by atoms with E-state index in [9.17, 15) is 10.1 Å². The highest BCUT2D eigenvalue weighted by atomic mass is 79.9. The second-order valence-corrected chi connectivity index (χ2v) is 5.90. The van der Waals surface area contributed by atoms with Crippen LogP contribution in [0.15, 0.2) is 16.7 Å². The van der Waals surface area contributed by atoms with Crippen LogP contribution >= 0.6 is 15.9 Å². The Labute approximate surface area is 126 Å². The monoisotopic (exact) mass is 342 g/mol. The van der Waals surface area contributed by atoms with Gasteiger partial charge in [-0.15, -0.1) is 0 Å². The van der Waals surface area contributed by atoms with Crippen LogP contribution in [-0.4, -0.2) is 36.1 Å². The summed E-state index contributed by atoms with van der Waals surface area (Å²) in [6, 6.07) is 1.86. The molecule has 20 heavy (non-hydrogen) atoms. The SMILES string of the molecule is CNCCC1CCCCN1c1ncc(Br)cc1[N+](=O)[O-]. The summed E-state index contributed by atoms with van der Waals surface area (Å²) in [4.78, 5) is 17.3. The van der Waals surface area contributed by atoms with E-state index >= 15 is 0 Å². The van der Waals surface area contributed by atoms with Gasteiger partial charge in [-0.1, -0.05) is 0 Å². The highest BCUT2D eigenvalue weighted by molar-refractivity contribution is 9.10.